The van der Waals surface area contributed by atoms with Gasteiger partial charge in [-0.1, -0.05) is 11.6 Å². The van der Waals surface area contributed by atoms with Crippen LogP contribution in [-0.2, 0) is 4.74 Å². The van der Waals surface area contributed by atoms with Gasteiger partial charge in [-0.05, 0) is 13.8 Å². The third-order valence-corrected chi connectivity index (χ3v) is 2.13. The Morgan fingerprint density at radius 3 is 2.57 bits per heavy atom. The highest BCUT2D eigenvalue weighted by molar-refractivity contribution is 6.31. The molecule has 1 heterocycles. The van der Waals surface area contributed by atoms with Crippen LogP contribution in [0.1, 0.15) is 11.4 Å². The Hall–Kier alpha value is -0.870. The molecular weight excluding hydrogens is 202 g/mol. The van der Waals surface area contributed by atoms with E-state index in [0.29, 0.717) is 24.1 Å². The average molecular weight is 216 g/mol. The number of anilines is 1. The van der Waals surface area contributed by atoms with Gasteiger partial charge in [0.1, 0.15) is 0 Å². The Kier molecular flexibility index (Phi) is 4.10. The summed E-state index contributed by atoms with van der Waals surface area (Å²) < 4.78 is 4.90. The first-order valence-electron chi connectivity index (χ1n) is 4.38. The second kappa shape index (κ2) is 5.12. The molecule has 1 aromatic heterocycles. The quantitative estimate of drug-likeness (QED) is 0.779. The smallest absolute Gasteiger partial charge is 0.171 e. The lowest BCUT2D eigenvalue weighted by Crippen LogP contribution is -2.10. The second-order valence-electron chi connectivity index (χ2n) is 2.95. The largest absolute Gasteiger partial charge is 0.383 e. The standard InChI is InChI=1S/C9H14ClN3O/c1-6-7(2)13-9(8(10)12-6)11-4-5-14-3/h4-5H2,1-3H3,(H,11,13). The van der Waals surface area contributed by atoms with E-state index in [4.69, 9.17) is 16.3 Å². The fraction of sp³-hybridized carbons (Fsp3) is 0.556. The van der Waals surface area contributed by atoms with Gasteiger partial charge in [0.2, 0.25) is 0 Å². The molecular formula is C9H14ClN3O. The maximum atomic E-state index is 5.90. The van der Waals surface area contributed by atoms with Gasteiger partial charge < -0.3 is 10.1 Å². The van der Waals surface area contributed by atoms with Crippen LogP contribution in [-0.4, -0.2) is 30.2 Å². The van der Waals surface area contributed by atoms with Gasteiger partial charge in [0.15, 0.2) is 11.0 Å². The van der Waals surface area contributed by atoms with Crippen LogP contribution in [0.25, 0.3) is 0 Å². The van der Waals surface area contributed by atoms with Crippen molar-refractivity contribution in [3.63, 3.8) is 0 Å². The zero-order valence-corrected chi connectivity index (χ0v) is 9.35. The lowest BCUT2D eigenvalue weighted by Gasteiger charge is -2.08. The summed E-state index contributed by atoms with van der Waals surface area (Å²) >= 11 is 5.90. The molecule has 0 aromatic carbocycles. The van der Waals surface area contributed by atoms with Crippen molar-refractivity contribution >= 4 is 17.4 Å². The number of methoxy groups -OCH3 is 1. The maximum absolute atomic E-state index is 5.90. The van der Waals surface area contributed by atoms with Gasteiger partial charge in [-0.2, -0.15) is 0 Å². The normalized spacial score (nSPS) is 10.3. The van der Waals surface area contributed by atoms with Crippen molar-refractivity contribution in [1.82, 2.24) is 9.97 Å². The third-order valence-electron chi connectivity index (χ3n) is 1.86. The van der Waals surface area contributed by atoms with Gasteiger partial charge in [-0.15, -0.1) is 0 Å². The molecule has 0 unspecified atom stereocenters. The number of rotatable bonds is 4. The van der Waals surface area contributed by atoms with Crippen LogP contribution in [0.2, 0.25) is 5.15 Å². The molecule has 4 nitrogen and oxygen atoms in total. The molecule has 78 valence electrons. The number of hydrogen-bond donors (Lipinski definition) is 1. The summed E-state index contributed by atoms with van der Waals surface area (Å²) in [6.07, 6.45) is 0. The second-order valence-corrected chi connectivity index (χ2v) is 3.31. The van der Waals surface area contributed by atoms with Crippen LogP contribution >= 0.6 is 11.6 Å². The lowest BCUT2D eigenvalue weighted by atomic mass is 10.3. The zero-order chi connectivity index (χ0) is 10.6. The van der Waals surface area contributed by atoms with E-state index in [0.717, 1.165) is 11.4 Å². The summed E-state index contributed by atoms with van der Waals surface area (Å²) in [5.74, 6) is 0.617. The van der Waals surface area contributed by atoms with Gasteiger partial charge in [-0.25, -0.2) is 9.97 Å². The number of aromatic nitrogens is 2. The van der Waals surface area contributed by atoms with Gasteiger partial charge in [0.05, 0.1) is 18.0 Å². The first kappa shape index (κ1) is 11.2. The molecule has 5 heteroatoms. The van der Waals surface area contributed by atoms with Crippen LogP contribution in [0.5, 0.6) is 0 Å². The minimum atomic E-state index is 0.407. The number of aryl methyl sites for hydroxylation is 2. The number of halogens is 1. The molecule has 0 aliphatic rings. The van der Waals surface area contributed by atoms with Crippen molar-refractivity contribution in [3.05, 3.63) is 16.5 Å². The predicted octanol–water partition coefficient (Wildman–Crippen LogP) is 1.81. The van der Waals surface area contributed by atoms with Gasteiger partial charge in [0.25, 0.3) is 0 Å². The van der Waals surface area contributed by atoms with E-state index in [-0.39, 0.29) is 0 Å². The number of nitrogens with zero attached hydrogens (tertiary/aromatic N) is 2. The molecule has 0 aliphatic heterocycles. The Labute approximate surface area is 88.7 Å². The minimum absolute atomic E-state index is 0.407. The van der Waals surface area contributed by atoms with E-state index in [2.05, 4.69) is 15.3 Å². The molecule has 0 aliphatic carbocycles. The molecule has 14 heavy (non-hydrogen) atoms. The maximum Gasteiger partial charge on any atom is 0.171 e. The molecule has 0 radical (unpaired) electrons. The van der Waals surface area contributed by atoms with Crippen molar-refractivity contribution < 1.29 is 4.74 Å². The van der Waals surface area contributed by atoms with E-state index in [1.54, 1.807) is 7.11 Å². The molecule has 0 spiro atoms. The summed E-state index contributed by atoms with van der Waals surface area (Å²) in [6, 6.07) is 0. The molecule has 1 N–H and O–H groups in total. The Morgan fingerprint density at radius 1 is 1.29 bits per heavy atom. The fourth-order valence-corrected chi connectivity index (χ4v) is 1.20. The van der Waals surface area contributed by atoms with Crippen molar-refractivity contribution in [2.45, 2.75) is 13.8 Å². The third kappa shape index (κ3) is 2.82. The molecule has 1 aromatic rings. The zero-order valence-electron chi connectivity index (χ0n) is 8.59. The predicted molar refractivity (Wildman–Crippen MR) is 56.9 cm³/mol. The topological polar surface area (TPSA) is 47.0 Å². The number of nitrogens with one attached hydrogen (secondary N) is 1. The molecule has 0 bridgehead atoms. The van der Waals surface area contributed by atoms with E-state index in [1.165, 1.54) is 0 Å². The van der Waals surface area contributed by atoms with Gasteiger partial charge in [0, 0.05) is 13.7 Å². The van der Waals surface area contributed by atoms with Crippen molar-refractivity contribution in [2.24, 2.45) is 0 Å². The van der Waals surface area contributed by atoms with E-state index in [1.807, 2.05) is 13.8 Å². The van der Waals surface area contributed by atoms with Crippen LogP contribution in [0.3, 0.4) is 0 Å². The highest BCUT2D eigenvalue weighted by Gasteiger charge is 2.05. The molecule has 0 amide bonds. The summed E-state index contributed by atoms with van der Waals surface area (Å²) in [5, 5.41) is 3.46. The van der Waals surface area contributed by atoms with E-state index >= 15 is 0 Å². The lowest BCUT2D eigenvalue weighted by molar-refractivity contribution is 0.210. The summed E-state index contributed by atoms with van der Waals surface area (Å²) in [6.45, 7) is 5.08. The van der Waals surface area contributed by atoms with Crippen molar-refractivity contribution in [3.8, 4) is 0 Å². The average Bonchev–Trinajstić information content (AvgIpc) is 2.14. The first-order valence-corrected chi connectivity index (χ1v) is 4.76. The van der Waals surface area contributed by atoms with Crippen molar-refractivity contribution in [1.29, 1.82) is 0 Å². The Bertz CT molecular complexity index is 317. The summed E-state index contributed by atoms with van der Waals surface area (Å²) in [7, 11) is 1.65. The minimum Gasteiger partial charge on any atom is -0.383 e. The monoisotopic (exact) mass is 215 g/mol. The highest BCUT2D eigenvalue weighted by atomic mass is 35.5. The summed E-state index contributed by atoms with van der Waals surface area (Å²) in [5.41, 5.74) is 1.74. The fourth-order valence-electron chi connectivity index (χ4n) is 0.960. The van der Waals surface area contributed by atoms with Gasteiger partial charge in [-0.3, -0.25) is 0 Å². The van der Waals surface area contributed by atoms with Crippen LogP contribution in [0, 0.1) is 13.8 Å². The highest BCUT2D eigenvalue weighted by Crippen LogP contribution is 2.17. The molecule has 0 saturated heterocycles. The molecule has 0 saturated carbocycles. The molecule has 0 fully saturated rings. The number of hydrogen-bond acceptors (Lipinski definition) is 4. The molecule has 0 atom stereocenters. The van der Waals surface area contributed by atoms with Crippen molar-refractivity contribution in [2.75, 3.05) is 25.6 Å². The van der Waals surface area contributed by atoms with Crippen LogP contribution < -0.4 is 5.32 Å². The van der Waals surface area contributed by atoms with Crippen LogP contribution in [0.4, 0.5) is 5.82 Å². The summed E-state index contributed by atoms with van der Waals surface area (Å²) in [4.78, 5) is 8.43. The Morgan fingerprint density at radius 2 is 1.93 bits per heavy atom. The van der Waals surface area contributed by atoms with Gasteiger partial charge >= 0.3 is 0 Å². The molecule has 1 rings (SSSR count). The first-order chi connectivity index (χ1) is 6.65. The van der Waals surface area contributed by atoms with Crippen LogP contribution in [0.15, 0.2) is 0 Å². The number of ether oxygens (including phenoxy) is 1. The Balaban J connectivity index is 2.72. The van der Waals surface area contributed by atoms with E-state index < -0.39 is 0 Å². The SMILES string of the molecule is COCCNc1nc(C)c(C)nc1Cl. The van der Waals surface area contributed by atoms with E-state index in [9.17, 15) is 0 Å².